The number of rotatable bonds is 6. The minimum atomic E-state index is -0.0113. The first-order valence-electron chi connectivity index (χ1n) is 7.93. The normalized spacial score (nSPS) is 14.3. The summed E-state index contributed by atoms with van der Waals surface area (Å²) in [7, 11) is 0. The van der Waals surface area contributed by atoms with Crippen molar-refractivity contribution in [3.05, 3.63) is 64.7 Å². The average molecular weight is 346 g/mol. The third-order valence-corrected chi connectivity index (χ3v) is 4.20. The summed E-state index contributed by atoms with van der Waals surface area (Å²) in [6.45, 7) is 3.82. The van der Waals surface area contributed by atoms with E-state index in [1.165, 1.54) is 0 Å². The van der Waals surface area contributed by atoms with Crippen molar-refractivity contribution < 1.29 is 14.3 Å². The highest BCUT2D eigenvalue weighted by atomic mass is 35.5. The van der Waals surface area contributed by atoms with E-state index in [0.717, 1.165) is 16.9 Å². The van der Waals surface area contributed by atoms with Gasteiger partial charge in [-0.05, 0) is 42.3 Å². The maximum Gasteiger partial charge on any atom is 0.260 e. The molecule has 126 valence electrons. The Hall–Kier alpha value is -2.04. The third-order valence-electron chi connectivity index (χ3n) is 3.95. The Bertz CT molecular complexity index is 696. The smallest absolute Gasteiger partial charge is 0.260 e. The molecular formula is C19H20ClNO3. The molecular weight excluding hydrogens is 326 g/mol. The van der Waals surface area contributed by atoms with Crippen molar-refractivity contribution in [1.82, 2.24) is 4.90 Å². The van der Waals surface area contributed by atoms with E-state index in [0.29, 0.717) is 24.7 Å². The largest absolute Gasteiger partial charge is 0.484 e. The summed E-state index contributed by atoms with van der Waals surface area (Å²) >= 11 is 5.85. The molecule has 0 spiro atoms. The number of halogens is 1. The number of carbonyl (C=O) groups excluding carboxylic acids is 1. The molecule has 0 saturated carbocycles. The van der Waals surface area contributed by atoms with E-state index in [-0.39, 0.29) is 18.6 Å². The van der Waals surface area contributed by atoms with Crippen LogP contribution in [0.2, 0.25) is 5.02 Å². The molecule has 1 saturated heterocycles. The lowest BCUT2D eigenvalue weighted by atomic mass is 10.1. The van der Waals surface area contributed by atoms with E-state index >= 15 is 0 Å². The van der Waals surface area contributed by atoms with Gasteiger partial charge in [-0.3, -0.25) is 4.79 Å². The molecule has 24 heavy (non-hydrogen) atoms. The van der Waals surface area contributed by atoms with Crippen LogP contribution in [-0.2, 0) is 16.1 Å². The van der Waals surface area contributed by atoms with Crippen molar-refractivity contribution >= 4 is 17.5 Å². The summed E-state index contributed by atoms with van der Waals surface area (Å²) in [5.41, 5.74) is 2.19. The van der Waals surface area contributed by atoms with Crippen LogP contribution in [0.5, 0.6) is 5.75 Å². The van der Waals surface area contributed by atoms with Crippen LogP contribution in [0.4, 0.5) is 0 Å². The van der Waals surface area contributed by atoms with Crippen molar-refractivity contribution in [2.75, 3.05) is 19.7 Å². The SMILES string of the molecule is Cc1cccc(OCC(=O)N2CC(OCc3ccc(Cl)cc3)C2)c1. The number of amides is 1. The predicted octanol–water partition coefficient (Wildman–Crippen LogP) is 3.45. The second-order valence-electron chi connectivity index (χ2n) is 5.96. The standard InChI is InChI=1S/C19H20ClNO3/c1-14-3-2-4-17(9-14)24-13-19(22)21-10-18(11-21)23-12-15-5-7-16(20)8-6-15/h2-9,18H,10-13H2,1H3. The van der Waals surface area contributed by atoms with E-state index < -0.39 is 0 Å². The highest BCUT2D eigenvalue weighted by molar-refractivity contribution is 6.30. The minimum absolute atomic E-state index is 0.0113. The molecule has 2 aromatic rings. The van der Waals surface area contributed by atoms with Crippen molar-refractivity contribution in [2.45, 2.75) is 19.6 Å². The molecule has 0 aromatic heterocycles. The van der Waals surface area contributed by atoms with E-state index in [9.17, 15) is 4.79 Å². The molecule has 1 aliphatic rings. The van der Waals surface area contributed by atoms with Crippen molar-refractivity contribution in [3.8, 4) is 5.75 Å². The van der Waals surface area contributed by atoms with Crippen LogP contribution in [0.1, 0.15) is 11.1 Å². The number of carbonyl (C=O) groups is 1. The van der Waals surface area contributed by atoms with Crippen LogP contribution in [0.15, 0.2) is 48.5 Å². The van der Waals surface area contributed by atoms with Crippen molar-refractivity contribution in [2.24, 2.45) is 0 Å². The van der Waals surface area contributed by atoms with Gasteiger partial charge < -0.3 is 14.4 Å². The highest BCUT2D eigenvalue weighted by Crippen LogP contribution is 2.17. The molecule has 3 rings (SSSR count). The Morgan fingerprint density at radius 2 is 1.96 bits per heavy atom. The molecule has 0 unspecified atom stereocenters. The van der Waals surface area contributed by atoms with Gasteiger partial charge in [-0.25, -0.2) is 0 Å². The fraction of sp³-hybridized carbons (Fsp3) is 0.316. The van der Waals surface area contributed by atoms with E-state index in [1.807, 2.05) is 55.5 Å². The lowest BCUT2D eigenvalue weighted by molar-refractivity contribution is -0.148. The molecule has 5 heteroatoms. The molecule has 1 heterocycles. The molecule has 0 radical (unpaired) electrons. The minimum Gasteiger partial charge on any atom is -0.484 e. The van der Waals surface area contributed by atoms with Gasteiger partial charge in [0.2, 0.25) is 0 Å². The molecule has 2 aromatic carbocycles. The molecule has 1 aliphatic heterocycles. The monoisotopic (exact) mass is 345 g/mol. The van der Waals surface area contributed by atoms with Crippen molar-refractivity contribution in [1.29, 1.82) is 0 Å². The summed E-state index contributed by atoms with van der Waals surface area (Å²) in [5.74, 6) is 0.710. The summed E-state index contributed by atoms with van der Waals surface area (Å²) < 4.78 is 11.3. The van der Waals surface area contributed by atoms with Gasteiger partial charge >= 0.3 is 0 Å². The molecule has 0 atom stereocenters. The van der Waals surface area contributed by atoms with E-state index in [1.54, 1.807) is 4.90 Å². The lowest BCUT2D eigenvalue weighted by Crippen LogP contribution is -2.55. The maximum absolute atomic E-state index is 12.1. The fourth-order valence-corrected chi connectivity index (χ4v) is 2.61. The summed E-state index contributed by atoms with van der Waals surface area (Å²) in [4.78, 5) is 13.8. The molecule has 1 fully saturated rings. The number of hydrogen-bond donors (Lipinski definition) is 0. The van der Waals surface area contributed by atoms with Gasteiger partial charge in [-0.1, -0.05) is 35.9 Å². The number of aryl methyl sites for hydroxylation is 1. The Morgan fingerprint density at radius 3 is 2.67 bits per heavy atom. The number of ether oxygens (including phenoxy) is 2. The number of likely N-dealkylation sites (tertiary alicyclic amines) is 1. The van der Waals surface area contributed by atoms with Gasteiger partial charge in [0.15, 0.2) is 6.61 Å². The highest BCUT2D eigenvalue weighted by Gasteiger charge is 2.31. The Labute approximate surface area is 146 Å². The van der Waals surface area contributed by atoms with Crippen molar-refractivity contribution in [3.63, 3.8) is 0 Å². The Kier molecular flexibility index (Phi) is 5.38. The van der Waals surface area contributed by atoms with Crippen LogP contribution in [-0.4, -0.2) is 36.6 Å². The first kappa shape index (κ1) is 16.8. The molecule has 0 aliphatic carbocycles. The van der Waals surface area contributed by atoms with Gasteiger partial charge in [-0.2, -0.15) is 0 Å². The number of benzene rings is 2. The van der Waals surface area contributed by atoms with Gasteiger partial charge in [0.05, 0.1) is 12.7 Å². The zero-order valence-corrected chi connectivity index (χ0v) is 14.3. The Balaban J connectivity index is 1.36. The zero-order chi connectivity index (χ0) is 16.9. The molecule has 0 bridgehead atoms. The molecule has 1 amide bonds. The third kappa shape index (κ3) is 4.49. The first-order chi connectivity index (χ1) is 11.6. The summed E-state index contributed by atoms with van der Waals surface area (Å²) in [6, 6.07) is 15.3. The van der Waals surface area contributed by atoms with Gasteiger partial charge in [0.25, 0.3) is 5.91 Å². The molecule has 4 nitrogen and oxygen atoms in total. The van der Waals surface area contributed by atoms with Gasteiger partial charge in [0.1, 0.15) is 5.75 Å². The maximum atomic E-state index is 12.1. The second kappa shape index (κ2) is 7.69. The van der Waals surface area contributed by atoms with Crippen LogP contribution in [0.3, 0.4) is 0 Å². The average Bonchev–Trinajstić information content (AvgIpc) is 2.53. The Morgan fingerprint density at radius 1 is 1.21 bits per heavy atom. The quantitative estimate of drug-likeness (QED) is 0.805. The lowest BCUT2D eigenvalue weighted by Gasteiger charge is -2.38. The summed E-state index contributed by atoms with van der Waals surface area (Å²) in [6.07, 6.45) is 0.0867. The zero-order valence-electron chi connectivity index (χ0n) is 13.6. The summed E-state index contributed by atoms with van der Waals surface area (Å²) in [5, 5.41) is 0.716. The van der Waals surface area contributed by atoms with Gasteiger partial charge in [0, 0.05) is 18.1 Å². The van der Waals surface area contributed by atoms with Crippen LogP contribution in [0, 0.1) is 6.92 Å². The number of nitrogens with zero attached hydrogens (tertiary/aromatic N) is 1. The van der Waals surface area contributed by atoms with Crippen LogP contribution >= 0.6 is 11.6 Å². The second-order valence-corrected chi connectivity index (χ2v) is 6.40. The predicted molar refractivity (Wildman–Crippen MR) is 93.3 cm³/mol. The van der Waals surface area contributed by atoms with E-state index in [2.05, 4.69) is 0 Å². The fourth-order valence-electron chi connectivity index (χ4n) is 2.48. The first-order valence-corrected chi connectivity index (χ1v) is 8.31. The van der Waals surface area contributed by atoms with E-state index in [4.69, 9.17) is 21.1 Å². The number of hydrogen-bond acceptors (Lipinski definition) is 3. The topological polar surface area (TPSA) is 38.8 Å². The van der Waals surface area contributed by atoms with Crippen LogP contribution < -0.4 is 4.74 Å². The molecule has 0 N–H and O–H groups in total. The van der Waals surface area contributed by atoms with Gasteiger partial charge in [-0.15, -0.1) is 0 Å². The van der Waals surface area contributed by atoms with Crippen LogP contribution in [0.25, 0.3) is 0 Å².